The van der Waals surface area contributed by atoms with Gasteiger partial charge in [0.25, 0.3) is 0 Å². The average molecular weight is 817 g/mol. The molecule has 0 amide bonds. The third-order valence-electron chi connectivity index (χ3n) is 9.28. The normalized spacial score (nSPS) is 12.1. The summed E-state index contributed by atoms with van der Waals surface area (Å²) < 4.78 is 2.32. The molecule has 6 rings (SSSR count). The average Bonchev–Trinajstić information content (AvgIpc) is 3.46. The molecule has 0 bridgehead atoms. The van der Waals surface area contributed by atoms with Crippen molar-refractivity contribution in [3.8, 4) is 6.07 Å². The fraction of sp³-hybridized carbons (Fsp3) is 0.357. The van der Waals surface area contributed by atoms with Crippen LogP contribution in [0.15, 0.2) is 78.7 Å². The molecule has 3 aromatic carbocycles. The van der Waals surface area contributed by atoms with Crippen LogP contribution in [-0.2, 0) is 31.3 Å². The molecule has 1 radical (unpaired) electrons. The van der Waals surface area contributed by atoms with Crippen LogP contribution in [0.4, 0.5) is 0 Å². The molecule has 0 aliphatic heterocycles. The number of carbonyl (C=O) groups is 1. The third kappa shape index (κ3) is 7.49. The van der Waals surface area contributed by atoms with Crippen molar-refractivity contribution >= 4 is 54.8 Å². The number of allylic oxidation sites excluding steroid dienone is 2. The van der Waals surface area contributed by atoms with Gasteiger partial charge in [0.15, 0.2) is 5.78 Å². The van der Waals surface area contributed by atoms with Gasteiger partial charge in [0.1, 0.15) is 6.07 Å². The number of nitriles is 1. The quantitative estimate of drug-likeness (QED) is 0.0546. The Morgan fingerprint density at radius 2 is 1.60 bits per heavy atom. The smallest absolute Gasteiger partial charge is 0.162 e. The van der Waals surface area contributed by atoms with Crippen molar-refractivity contribution in [3.05, 3.63) is 95.9 Å². The molecule has 0 unspecified atom stereocenters. The minimum Gasteiger partial charge on any atom is -0.512 e. The molecule has 3 aromatic heterocycles. The van der Waals surface area contributed by atoms with E-state index in [0.717, 1.165) is 70.2 Å². The predicted molar refractivity (Wildman–Crippen MR) is 196 cm³/mol. The maximum Gasteiger partial charge on any atom is 0.162 e. The number of ketones is 1. The molecular weight excluding hydrogens is 771 g/mol. The number of benzene rings is 3. The van der Waals surface area contributed by atoms with Gasteiger partial charge in [0.05, 0.1) is 11.3 Å². The number of aliphatic hydroxyl groups excluding tert-OH is 1. The van der Waals surface area contributed by atoms with Crippen LogP contribution in [0.2, 0.25) is 0 Å². The van der Waals surface area contributed by atoms with Gasteiger partial charge in [-0.3, -0.25) is 9.78 Å². The molecule has 48 heavy (non-hydrogen) atoms. The second kappa shape index (κ2) is 15.5. The summed E-state index contributed by atoms with van der Waals surface area (Å²) in [5.41, 5.74) is 6.33. The molecule has 6 heteroatoms. The molecule has 0 aliphatic rings. The fourth-order valence-electron chi connectivity index (χ4n) is 6.69. The van der Waals surface area contributed by atoms with Crippen LogP contribution in [0.1, 0.15) is 85.3 Å². The van der Waals surface area contributed by atoms with Gasteiger partial charge >= 0.3 is 0 Å². The summed E-state index contributed by atoms with van der Waals surface area (Å²) in [6.45, 7) is 14.9. The Balaban J connectivity index is 0.000000279. The topological polar surface area (TPSA) is 78.4 Å². The Kier molecular flexibility index (Phi) is 11.8. The molecule has 3 heterocycles. The zero-order valence-electron chi connectivity index (χ0n) is 29.1. The zero-order valence-corrected chi connectivity index (χ0v) is 31.5. The van der Waals surface area contributed by atoms with Crippen molar-refractivity contribution in [2.45, 2.75) is 80.6 Å². The van der Waals surface area contributed by atoms with E-state index in [9.17, 15) is 15.2 Å². The van der Waals surface area contributed by atoms with Gasteiger partial charge in [-0.1, -0.05) is 95.6 Å². The summed E-state index contributed by atoms with van der Waals surface area (Å²) in [7, 11) is 0. The maximum absolute atomic E-state index is 11.7. The van der Waals surface area contributed by atoms with E-state index < -0.39 is 0 Å². The van der Waals surface area contributed by atoms with Crippen LogP contribution < -0.4 is 0 Å². The standard InChI is InChI=1S/C29H22N3.C13H24O2.Ir/c1-29(2,3)15-21-9-6-10-25-22(21)14-27-23-11-18(16-30)17-31-28(23)24-12-19-7-4-5-8-20(19)13-26(24)32(25)27;1-5-10(6-2)12(14)9-13(15)11(7-3)8-4;/h4-11,13-14,17H,15H2,1-3H3;9-11,14H,5-8H2,1-4H3;/q-1;;/b;12-9-;. The van der Waals surface area contributed by atoms with Crippen molar-refractivity contribution in [2.75, 3.05) is 0 Å². The first kappa shape index (κ1) is 36.8. The summed E-state index contributed by atoms with van der Waals surface area (Å²) in [4.78, 5) is 16.4. The SMILES string of the molecule is CC(C)(C)Cc1cccc2c1cc1c3cc(C#N)cnc3c3[c-]c4ccccc4cc3n21.CCC(CC)C(=O)/C=C(\O)C(CC)CC.[Ir]. The van der Waals surface area contributed by atoms with E-state index in [0.29, 0.717) is 5.56 Å². The number of aliphatic hydroxyl groups is 1. The number of rotatable bonds is 8. The molecule has 0 saturated heterocycles. The molecular formula is C42H46IrN3O2-. The molecule has 0 atom stereocenters. The molecule has 0 aliphatic carbocycles. The van der Waals surface area contributed by atoms with E-state index in [1.165, 1.54) is 22.5 Å². The van der Waals surface area contributed by atoms with Crippen molar-refractivity contribution < 1.29 is 30.0 Å². The van der Waals surface area contributed by atoms with Crippen molar-refractivity contribution in [3.63, 3.8) is 0 Å². The third-order valence-corrected chi connectivity index (χ3v) is 9.28. The van der Waals surface area contributed by atoms with Gasteiger partial charge in [0.2, 0.25) is 0 Å². The van der Waals surface area contributed by atoms with Gasteiger partial charge in [-0.25, -0.2) is 0 Å². The van der Waals surface area contributed by atoms with Crippen LogP contribution in [0.3, 0.4) is 0 Å². The van der Waals surface area contributed by atoms with E-state index in [2.05, 4.69) is 85.8 Å². The predicted octanol–water partition coefficient (Wildman–Crippen LogP) is 11.1. The Labute approximate surface area is 298 Å². The summed E-state index contributed by atoms with van der Waals surface area (Å²) >= 11 is 0. The summed E-state index contributed by atoms with van der Waals surface area (Å²) in [6.07, 6.45) is 7.56. The van der Waals surface area contributed by atoms with Crippen LogP contribution in [-0.4, -0.2) is 20.3 Å². The van der Waals surface area contributed by atoms with Gasteiger partial charge in [0, 0.05) is 66.2 Å². The molecule has 0 saturated carbocycles. The molecule has 1 N–H and O–H groups in total. The van der Waals surface area contributed by atoms with Gasteiger partial charge in [-0.05, 0) is 72.2 Å². The molecule has 5 nitrogen and oxygen atoms in total. The number of nitrogens with zero attached hydrogens (tertiary/aromatic N) is 3. The van der Waals surface area contributed by atoms with Gasteiger partial charge in [-0.15, -0.1) is 17.5 Å². The summed E-state index contributed by atoms with van der Waals surface area (Å²) in [5.74, 6) is 0.547. The molecule has 0 spiro atoms. The Morgan fingerprint density at radius 3 is 2.25 bits per heavy atom. The Bertz CT molecular complexity index is 2160. The largest absolute Gasteiger partial charge is 0.512 e. The van der Waals surface area contributed by atoms with Crippen LogP contribution in [0, 0.1) is 34.6 Å². The Morgan fingerprint density at radius 1 is 0.917 bits per heavy atom. The summed E-state index contributed by atoms with van der Waals surface area (Å²) in [6, 6.07) is 27.2. The van der Waals surface area contributed by atoms with Gasteiger partial charge in [-0.2, -0.15) is 5.26 Å². The fourth-order valence-corrected chi connectivity index (χ4v) is 6.69. The minimum absolute atomic E-state index is 0. The molecule has 251 valence electrons. The Hall–Kier alpha value is -4.04. The van der Waals surface area contributed by atoms with Gasteiger partial charge < -0.3 is 9.51 Å². The number of fused-ring (bicyclic) bond motifs is 9. The van der Waals surface area contributed by atoms with Crippen molar-refractivity contribution in [2.24, 2.45) is 17.3 Å². The maximum atomic E-state index is 11.7. The van der Waals surface area contributed by atoms with E-state index in [1.807, 2.05) is 39.8 Å². The van der Waals surface area contributed by atoms with E-state index >= 15 is 0 Å². The number of aromatic nitrogens is 2. The first-order valence-electron chi connectivity index (χ1n) is 17.0. The zero-order chi connectivity index (χ0) is 33.9. The van der Waals surface area contributed by atoms with E-state index in [4.69, 9.17) is 4.98 Å². The minimum atomic E-state index is 0. The van der Waals surface area contributed by atoms with Crippen LogP contribution in [0.5, 0.6) is 0 Å². The second-order valence-electron chi connectivity index (χ2n) is 13.8. The van der Waals surface area contributed by atoms with Crippen molar-refractivity contribution in [1.29, 1.82) is 5.26 Å². The number of pyridine rings is 2. The number of hydrogen-bond donors (Lipinski definition) is 1. The first-order chi connectivity index (χ1) is 22.5. The second-order valence-corrected chi connectivity index (χ2v) is 13.8. The van der Waals surface area contributed by atoms with Crippen molar-refractivity contribution in [1.82, 2.24) is 9.38 Å². The number of hydrogen-bond acceptors (Lipinski definition) is 4. The van der Waals surface area contributed by atoms with E-state index in [1.54, 1.807) is 6.20 Å². The number of carbonyl (C=O) groups excluding carboxylic acids is 1. The molecule has 6 aromatic rings. The van der Waals surface area contributed by atoms with Crippen LogP contribution >= 0.6 is 0 Å². The monoisotopic (exact) mass is 817 g/mol. The first-order valence-corrected chi connectivity index (χ1v) is 17.0. The summed E-state index contributed by atoms with van der Waals surface area (Å²) in [5, 5.41) is 24.7. The van der Waals surface area contributed by atoms with E-state index in [-0.39, 0.29) is 48.9 Å². The molecule has 0 fully saturated rings. The van der Waals surface area contributed by atoms with Crippen LogP contribution in [0.25, 0.3) is 49.0 Å².